The number of carbonyl (C=O) groups is 1. The quantitative estimate of drug-likeness (QED) is 0.773. The summed E-state index contributed by atoms with van der Waals surface area (Å²) < 4.78 is 1.74. The molecule has 0 N–H and O–H groups in total. The molecule has 0 saturated carbocycles. The van der Waals surface area contributed by atoms with Gasteiger partial charge in [0.25, 0.3) is 5.91 Å². The smallest absolute Gasteiger partial charge is 0.254 e. The van der Waals surface area contributed by atoms with E-state index in [2.05, 4.69) is 31.9 Å². The number of hydrogen-bond donors (Lipinski definition) is 0. The van der Waals surface area contributed by atoms with Crippen molar-refractivity contribution < 1.29 is 4.79 Å². The molecule has 0 fully saturated rings. The van der Waals surface area contributed by atoms with Gasteiger partial charge in [-0.25, -0.2) is 4.52 Å². The van der Waals surface area contributed by atoms with Crippen LogP contribution in [0.3, 0.4) is 0 Å². The summed E-state index contributed by atoms with van der Waals surface area (Å²) >= 11 is 0. The van der Waals surface area contributed by atoms with E-state index >= 15 is 0 Å². The topological polar surface area (TPSA) is 37.6 Å². The van der Waals surface area contributed by atoms with Crippen LogP contribution in [0.1, 0.15) is 36.7 Å². The predicted octanol–water partition coefficient (Wildman–Crippen LogP) is 2.33. The molecule has 2 aromatic heterocycles. The minimum Gasteiger partial charge on any atom is -0.345 e. The molecule has 0 saturated heterocycles. The van der Waals surface area contributed by atoms with Crippen LogP contribution in [0.2, 0.25) is 0 Å². The molecule has 0 aliphatic heterocycles. The number of hydrogen-bond acceptors (Lipinski definition) is 2. The van der Waals surface area contributed by atoms with Gasteiger partial charge in [-0.05, 0) is 23.1 Å². The van der Waals surface area contributed by atoms with E-state index in [0.29, 0.717) is 5.56 Å². The SMILES string of the molecule is CN(C)C(=O)c1cc2cc(C(C)(C)C)cnn2c1. The van der Waals surface area contributed by atoms with Crippen molar-refractivity contribution in [3.05, 3.63) is 35.7 Å². The highest BCUT2D eigenvalue weighted by Gasteiger charge is 2.16. The first-order chi connectivity index (χ1) is 8.29. The molecule has 2 rings (SSSR count). The van der Waals surface area contributed by atoms with Crippen molar-refractivity contribution in [2.75, 3.05) is 14.1 Å². The van der Waals surface area contributed by atoms with Gasteiger partial charge in [-0.1, -0.05) is 20.8 Å². The van der Waals surface area contributed by atoms with E-state index in [1.807, 2.05) is 12.3 Å². The normalized spacial score (nSPS) is 11.8. The Morgan fingerprint density at radius 2 is 1.94 bits per heavy atom. The van der Waals surface area contributed by atoms with Gasteiger partial charge >= 0.3 is 0 Å². The second kappa shape index (κ2) is 4.12. The molecule has 0 spiro atoms. The average molecular weight is 245 g/mol. The maximum atomic E-state index is 11.9. The highest BCUT2D eigenvalue weighted by atomic mass is 16.2. The summed E-state index contributed by atoms with van der Waals surface area (Å²) in [5.41, 5.74) is 2.84. The zero-order valence-electron chi connectivity index (χ0n) is 11.6. The van der Waals surface area contributed by atoms with Gasteiger partial charge in [0.05, 0.1) is 17.3 Å². The van der Waals surface area contributed by atoms with E-state index in [1.165, 1.54) is 0 Å². The van der Waals surface area contributed by atoms with Crippen molar-refractivity contribution in [3.8, 4) is 0 Å². The molecule has 0 bridgehead atoms. The molecule has 0 aliphatic rings. The molecule has 96 valence electrons. The number of carbonyl (C=O) groups excluding carboxylic acids is 1. The monoisotopic (exact) mass is 245 g/mol. The first kappa shape index (κ1) is 12.6. The zero-order chi connectivity index (χ0) is 13.5. The summed E-state index contributed by atoms with van der Waals surface area (Å²) in [6.45, 7) is 6.44. The van der Waals surface area contributed by atoms with Gasteiger partial charge in [0.2, 0.25) is 0 Å². The fourth-order valence-electron chi connectivity index (χ4n) is 1.78. The minimum atomic E-state index is -0.00203. The summed E-state index contributed by atoms with van der Waals surface area (Å²) in [6.07, 6.45) is 3.63. The Morgan fingerprint density at radius 1 is 1.28 bits per heavy atom. The maximum Gasteiger partial charge on any atom is 0.254 e. The van der Waals surface area contributed by atoms with Gasteiger partial charge in [-0.3, -0.25) is 4.79 Å². The molecule has 1 amide bonds. The van der Waals surface area contributed by atoms with Crippen LogP contribution in [0.25, 0.3) is 5.52 Å². The lowest BCUT2D eigenvalue weighted by atomic mass is 9.88. The van der Waals surface area contributed by atoms with E-state index < -0.39 is 0 Å². The van der Waals surface area contributed by atoms with E-state index in [1.54, 1.807) is 29.7 Å². The lowest BCUT2D eigenvalue weighted by molar-refractivity contribution is 0.0827. The summed E-state index contributed by atoms with van der Waals surface area (Å²) in [5.74, 6) is -0.00203. The summed E-state index contributed by atoms with van der Waals surface area (Å²) in [6, 6.07) is 3.96. The summed E-state index contributed by atoms with van der Waals surface area (Å²) in [4.78, 5) is 13.4. The standard InChI is InChI=1S/C14H19N3O/c1-14(2,3)11-7-12-6-10(13(18)16(4)5)9-17(12)15-8-11/h6-9H,1-5H3. The van der Waals surface area contributed by atoms with Gasteiger partial charge < -0.3 is 4.90 Å². The molecule has 4 heteroatoms. The first-order valence-corrected chi connectivity index (χ1v) is 5.99. The van der Waals surface area contributed by atoms with Crippen molar-refractivity contribution in [1.82, 2.24) is 14.5 Å². The zero-order valence-corrected chi connectivity index (χ0v) is 11.6. The Kier molecular flexibility index (Phi) is 2.89. The molecule has 2 aromatic rings. The Hall–Kier alpha value is -1.84. The fourth-order valence-corrected chi connectivity index (χ4v) is 1.78. The highest BCUT2D eigenvalue weighted by Crippen LogP contribution is 2.23. The molecular weight excluding hydrogens is 226 g/mol. The number of nitrogens with zero attached hydrogens (tertiary/aromatic N) is 3. The average Bonchev–Trinajstić information content (AvgIpc) is 2.68. The predicted molar refractivity (Wildman–Crippen MR) is 71.9 cm³/mol. The van der Waals surface area contributed by atoms with E-state index in [9.17, 15) is 4.79 Å². The number of rotatable bonds is 1. The molecule has 0 aliphatic carbocycles. The van der Waals surface area contributed by atoms with Gasteiger partial charge in [0.15, 0.2) is 0 Å². The van der Waals surface area contributed by atoms with Crippen LogP contribution in [0.15, 0.2) is 24.5 Å². The third-order valence-electron chi connectivity index (χ3n) is 2.97. The third kappa shape index (κ3) is 2.23. The van der Waals surface area contributed by atoms with Crippen LogP contribution >= 0.6 is 0 Å². The number of amides is 1. The lowest BCUT2D eigenvalue weighted by Crippen LogP contribution is -2.20. The van der Waals surface area contributed by atoms with Gasteiger partial charge in [0, 0.05) is 20.3 Å². The second-order valence-corrected chi connectivity index (χ2v) is 5.79. The van der Waals surface area contributed by atoms with Crippen molar-refractivity contribution in [2.24, 2.45) is 0 Å². The van der Waals surface area contributed by atoms with Gasteiger partial charge in [-0.2, -0.15) is 5.10 Å². The summed E-state index contributed by atoms with van der Waals surface area (Å²) in [5, 5.41) is 4.36. The van der Waals surface area contributed by atoms with Crippen LogP contribution in [0.4, 0.5) is 0 Å². The van der Waals surface area contributed by atoms with Gasteiger partial charge in [-0.15, -0.1) is 0 Å². The van der Waals surface area contributed by atoms with E-state index in [0.717, 1.165) is 11.1 Å². The van der Waals surface area contributed by atoms with Crippen LogP contribution in [0.5, 0.6) is 0 Å². The van der Waals surface area contributed by atoms with Crippen LogP contribution in [-0.4, -0.2) is 34.5 Å². The second-order valence-electron chi connectivity index (χ2n) is 5.79. The highest BCUT2D eigenvalue weighted by molar-refractivity contribution is 5.95. The molecule has 0 aromatic carbocycles. The van der Waals surface area contributed by atoms with Crippen LogP contribution < -0.4 is 0 Å². The maximum absolute atomic E-state index is 11.9. The largest absolute Gasteiger partial charge is 0.345 e. The summed E-state index contributed by atoms with van der Waals surface area (Å²) in [7, 11) is 3.50. The van der Waals surface area contributed by atoms with Crippen LogP contribution in [0, 0.1) is 0 Å². The molecule has 0 atom stereocenters. The first-order valence-electron chi connectivity index (χ1n) is 5.99. The Balaban J connectivity index is 2.50. The third-order valence-corrected chi connectivity index (χ3v) is 2.97. The molecule has 4 nitrogen and oxygen atoms in total. The molecule has 0 unspecified atom stereocenters. The molecule has 2 heterocycles. The molecular formula is C14H19N3O. The minimum absolute atomic E-state index is 0.00203. The van der Waals surface area contributed by atoms with E-state index in [-0.39, 0.29) is 11.3 Å². The Morgan fingerprint density at radius 3 is 2.50 bits per heavy atom. The number of aromatic nitrogens is 2. The van der Waals surface area contributed by atoms with Crippen molar-refractivity contribution in [1.29, 1.82) is 0 Å². The van der Waals surface area contributed by atoms with Crippen molar-refractivity contribution in [3.63, 3.8) is 0 Å². The van der Waals surface area contributed by atoms with E-state index in [4.69, 9.17) is 0 Å². The number of fused-ring (bicyclic) bond motifs is 1. The van der Waals surface area contributed by atoms with Crippen molar-refractivity contribution >= 4 is 11.4 Å². The Labute approximate surface area is 107 Å². The molecule has 18 heavy (non-hydrogen) atoms. The van der Waals surface area contributed by atoms with Crippen molar-refractivity contribution in [2.45, 2.75) is 26.2 Å². The molecule has 0 radical (unpaired) electrons. The van der Waals surface area contributed by atoms with Gasteiger partial charge in [0.1, 0.15) is 0 Å². The van der Waals surface area contributed by atoms with Crippen LogP contribution in [-0.2, 0) is 5.41 Å². The fraction of sp³-hybridized carbons (Fsp3) is 0.429. The lowest BCUT2D eigenvalue weighted by Gasteiger charge is -2.18. The Bertz CT molecular complexity index is 591.